The van der Waals surface area contributed by atoms with Crippen LogP contribution in [0.2, 0.25) is 0 Å². The standard InChI is InChI=1S/C16H14O4/c1-19-11-7-12(17)16-13(18)9-14(20-15(16)8-11)10-5-3-2-4-6-10/h2-8,14,17H,9H2,1H3/t14-/m0/s1. The van der Waals surface area contributed by atoms with Crippen LogP contribution < -0.4 is 9.47 Å². The van der Waals surface area contributed by atoms with Crippen molar-refractivity contribution in [3.63, 3.8) is 0 Å². The van der Waals surface area contributed by atoms with Crippen LogP contribution in [0, 0.1) is 0 Å². The summed E-state index contributed by atoms with van der Waals surface area (Å²) in [7, 11) is 1.50. The fourth-order valence-corrected chi connectivity index (χ4v) is 2.39. The van der Waals surface area contributed by atoms with Gasteiger partial charge in [-0.1, -0.05) is 30.3 Å². The molecule has 1 atom stereocenters. The van der Waals surface area contributed by atoms with Crippen LogP contribution in [0.3, 0.4) is 0 Å². The zero-order valence-electron chi connectivity index (χ0n) is 11.0. The molecule has 1 heterocycles. The minimum Gasteiger partial charge on any atom is -0.507 e. The molecular formula is C16H14O4. The van der Waals surface area contributed by atoms with Crippen LogP contribution in [0.25, 0.3) is 0 Å². The van der Waals surface area contributed by atoms with Gasteiger partial charge < -0.3 is 14.6 Å². The molecule has 1 N–H and O–H groups in total. The average molecular weight is 270 g/mol. The van der Waals surface area contributed by atoms with E-state index in [2.05, 4.69) is 0 Å². The third-order valence-corrected chi connectivity index (χ3v) is 3.38. The van der Waals surface area contributed by atoms with Crippen LogP contribution in [0.5, 0.6) is 17.2 Å². The van der Waals surface area contributed by atoms with E-state index in [-0.39, 0.29) is 29.6 Å². The highest BCUT2D eigenvalue weighted by Gasteiger charge is 2.30. The first kappa shape index (κ1) is 12.5. The Morgan fingerprint density at radius 2 is 2.00 bits per heavy atom. The number of carbonyl (C=O) groups excluding carboxylic acids is 1. The van der Waals surface area contributed by atoms with Crippen molar-refractivity contribution in [2.75, 3.05) is 7.11 Å². The molecule has 0 saturated carbocycles. The first-order valence-electron chi connectivity index (χ1n) is 6.35. The lowest BCUT2D eigenvalue weighted by Crippen LogP contribution is -2.20. The number of fused-ring (bicyclic) bond motifs is 1. The fraction of sp³-hybridized carbons (Fsp3) is 0.188. The van der Waals surface area contributed by atoms with Crippen molar-refractivity contribution in [3.8, 4) is 17.2 Å². The molecule has 0 saturated heterocycles. The minimum absolute atomic E-state index is 0.101. The van der Waals surface area contributed by atoms with E-state index in [0.717, 1.165) is 5.56 Å². The maximum absolute atomic E-state index is 12.2. The van der Waals surface area contributed by atoms with Crippen molar-refractivity contribution < 1.29 is 19.4 Å². The summed E-state index contributed by atoms with van der Waals surface area (Å²) in [5, 5.41) is 9.91. The van der Waals surface area contributed by atoms with Crippen molar-refractivity contribution in [1.29, 1.82) is 0 Å². The number of carbonyl (C=O) groups is 1. The molecule has 0 radical (unpaired) electrons. The van der Waals surface area contributed by atoms with Crippen molar-refractivity contribution in [3.05, 3.63) is 53.6 Å². The van der Waals surface area contributed by atoms with E-state index in [1.807, 2.05) is 30.3 Å². The maximum Gasteiger partial charge on any atom is 0.174 e. The van der Waals surface area contributed by atoms with Crippen LogP contribution in [0.4, 0.5) is 0 Å². The Kier molecular flexibility index (Phi) is 3.06. The molecule has 20 heavy (non-hydrogen) atoms. The molecule has 4 nitrogen and oxygen atoms in total. The zero-order chi connectivity index (χ0) is 14.1. The van der Waals surface area contributed by atoms with Gasteiger partial charge in [-0.05, 0) is 5.56 Å². The van der Waals surface area contributed by atoms with Crippen LogP contribution in [0.15, 0.2) is 42.5 Å². The van der Waals surface area contributed by atoms with E-state index >= 15 is 0 Å². The number of hydrogen-bond donors (Lipinski definition) is 1. The summed E-state index contributed by atoms with van der Waals surface area (Å²) >= 11 is 0. The number of hydrogen-bond acceptors (Lipinski definition) is 4. The number of ether oxygens (including phenoxy) is 2. The predicted molar refractivity (Wildman–Crippen MR) is 73.4 cm³/mol. The van der Waals surface area contributed by atoms with Gasteiger partial charge in [0.05, 0.1) is 13.5 Å². The molecule has 3 rings (SSSR count). The Morgan fingerprint density at radius 3 is 2.70 bits per heavy atom. The number of Topliss-reactive ketones (excluding diaryl/α,β-unsaturated/α-hetero) is 1. The van der Waals surface area contributed by atoms with Crippen LogP contribution in [0.1, 0.15) is 28.4 Å². The second kappa shape index (κ2) is 4.89. The average Bonchev–Trinajstić information content (AvgIpc) is 2.47. The van der Waals surface area contributed by atoms with E-state index in [9.17, 15) is 9.90 Å². The highest BCUT2D eigenvalue weighted by molar-refractivity contribution is 6.02. The van der Waals surface area contributed by atoms with E-state index in [0.29, 0.717) is 11.5 Å². The summed E-state index contributed by atoms with van der Waals surface area (Å²) in [6.07, 6.45) is -0.112. The van der Waals surface area contributed by atoms with Gasteiger partial charge >= 0.3 is 0 Å². The zero-order valence-corrected chi connectivity index (χ0v) is 11.0. The maximum atomic E-state index is 12.2. The molecule has 2 aromatic carbocycles. The SMILES string of the molecule is COc1cc(O)c2c(c1)O[C@H](c1ccccc1)CC2=O. The molecule has 2 aromatic rings. The number of ketones is 1. The fourth-order valence-electron chi connectivity index (χ4n) is 2.39. The molecule has 0 fully saturated rings. The van der Waals surface area contributed by atoms with Crippen molar-refractivity contribution in [1.82, 2.24) is 0 Å². The Bertz CT molecular complexity index is 649. The van der Waals surface area contributed by atoms with E-state index in [1.54, 1.807) is 6.07 Å². The largest absolute Gasteiger partial charge is 0.507 e. The van der Waals surface area contributed by atoms with Gasteiger partial charge in [0.25, 0.3) is 0 Å². The molecule has 0 spiro atoms. The number of benzene rings is 2. The van der Waals surface area contributed by atoms with Gasteiger partial charge in [-0.3, -0.25) is 4.79 Å². The van der Waals surface area contributed by atoms with Crippen molar-refractivity contribution >= 4 is 5.78 Å². The molecule has 1 aliphatic rings. The molecule has 102 valence electrons. The van der Waals surface area contributed by atoms with Crippen LogP contribution in [-0.2, 0) is 0 Å². The van der Waals surface area contributed by atoms with Gasteiger partial charge in [0, 0.05) is 12.1 Å². The van der Waals surface area contributed by atoms with Gasteiger partial charge in [0.1, 0.15) is 28.9 Å². The van der Waals surface area contributed by atoms with Crippen LogP contribution >= 0.6 is 0 Å². The van der Waals surface area contributed by atoms with Gasteiger partial charge in [0.2, 0.25) is 0 Å². The Labute approximate surface area is 116 Å². The molecule has 0 amide bonds. The summed E-state index contributed by atoms with van der Waals surface area (Å²) in [6, 6.07) is 12.6. The second-order valence-corrected chi connectivity index (χ2v) is 4.66. The number of phenols is 1. The van der Waals surface area contributed by atoms with E-state index in [1.165, 1.54) is 13.2 Å². The van der Waals surface area contributed by atoms with Gasteiger partial charge in [0.15, 0.2) is 5.78 Å². The molecular weight excluding hydrogens is 256 g/mol. The highest BCUT2D eigenvalue weighted by atomic mass is 16.5. The molecule has 1 aliphatic heterocycles. The topological polar surface area (TPSA) is 55.8 Å². The van der Waals surface area contributed by atoms with Crippen LogP contribution in [-0.4, -0.2) is 18.0 Å². The summed E-state index contributed by atoms with van der Waals surface area (Å²) in [6.45, 7) is 0. The molecule has 0 unspecified atom stereocenters. The normalized spacial score (nSPS) is 17.2. The third kappa shape index (κ3) is 2.09. The molecule has 0 aromatic heterocycles. The van der Waals surface area contributed by atoms with E-state index < -0.39 is 0 Å². The minimum atomic E-state index is -0.331. The third-order valence-electron chi connectivity index (χ3n) is 3.38. The predicted octanol–water partition coefficient (Wildman–Crippen LogP) is 3.11. The first-order valence-corrected chi connectivity index (χ1v) is 6.35. The lowest BCUT2D eigenvalue weighted by atomic mass is 9.95. The Hall–Kier alpha value is -2.49. The lowest BCUT2D eigenvalue weighted by molar-refractivity contribution is 0.0844. The smallest absolute Gasteiger partial charge is 0.174 e. The monoisotopic (exact) mass is 270 g/mol. The van der Waals surface area contributed by atoms with E-state index in [4.69, 9.17) is 9.47 Å². The summed E-state index contributed by atoms with van der Waals surface area (Å²) < 4.78 is 10.9. The Morgan fingerprint density at radius 1 is 1.25 bits per heavy atom. The van der Waals surface area contributed by atoms with Gasteiger partial charge in [-0.2, -0.15) is 0 Å². The summed E-state index contributed by atoms with van der Waals surface area (Å²) in [4.78, 5) is 12.2. The summed E-state index contributed by atoms with van der Waals surface area (Å²) in [5.74, 6) is 0.603. The van der Waals surface area contributed by atoms with Crippen molar-refractivity contribution in [2.24, 2.45) is 0 Å². The van der Waals surface area contributed by atoms with Crippen molar-refractivity contribution in [2.45, 2.75) is 12.5 Å². The van der Waals surface area contributed by atoms with Gasteiger partial charge in [-0.25, -0.2) is 0 Å². The number of phenolic OH excluding ortho intramolecular Hbond substituents is 1. The quantitative estimate of drug-likeness (QED) is 0.911. The Balaban J connectivity index is 2.02. The lowest BCUT2D eigenvalue weighted by Gasteiger charge is -2.26. The first-order chi connectivity index (χ1) is 9.69. The number of rotatable bonds is 2. The second-order valence-electron chi connectivity index (χ2n) is 4.66. The number of aromatic hydroxyl groups is 1. The molecule has 0 bridgehead atoms. The molecule has 0 aliphatic carbocycles. The highest BCUT2D eigenvalue weighted by Crippen LogP contribution is 2.41. The summed E-state index contributed by atoms with van der Waals surface area (Å²) in [5.41, 5.74) is 1.17. The molecule has 4 heteroatoms. The van der Waals surface area contributed by atoms with Gasteiger partial charge in [-0.15, -0.1) is 0 Å². The number of methoxy groups -OCH3 is 1.